The molecule has 6 nitrogen and oxygen atoms in total. The van der Waals surface area contributed by atoms with Crippen LogP contribution in [0.2, 0.25) is 5.02 Å². The highest BCUT2D eigenvalue weighted by Gasteiger charge is 2.23. The van der Waals surface area contributed by atoms with E-state index < -0.39 is 0 Å². The van der Waals surface area contributed by atoms with Gasteiger partial charge < -0.3 is 15.0 Å². The Balaban J connectivity index is 1.48. The van der Waals surface area contributed by atoms with Gasteiger partial charge in [0, 0.05) is 22.9 Å². The van der Waals surface area contributed by atoms with E-state index in [9.17, 15) is 9.59 Å². The lowest BCUT2D eigenvalue weighted by atomic mass is 10.1. The highest BCUT2D eigenvalue weighted by atomic mass is 35.5. The van der Waals surface area contributed by atoms with Crippen LogP contribution in [-0.2, 0) is 11.3 Å². The van der Waals surface area contributed by atoms with E-state index in [-0.39, 0.29) is 17.1 Å². The number of nitrogens with zero attached hydrogens (tertiary/aromatic N) is 2. The normalized spacial score (nSPS) is 16.2. The van der Waals surface area contributed by atoms with Crippen molar-refractivity contribution in [1.29, 1.82) is 0 Å². The van der Waals surface area contributed by atoms with E-state index in [2.05, 4.69) is 15.6 Å². The molecular formula is C18H15ClN4O2S. The zero-order valence-corrected chi connectivity index (χ0v) is 15.4. The van der Waals surface area contributed by atoms with Crippen LogP contribution in [-0.4, -0.2) is 26.4 Å². The molecule has 0 bridgehead atoms. The number of imidazole rings is 1. The summed E-state index contributed by atoms with van der Waals surface area (Å²) in [5, 5.41) is 6.17. The van der Waals surface area contributed by atoms with Gasteiger partial charge in [-0.3, -0.25) is 9.59 Å². The van der Waals surface area contributed by atoms with Gasteiger partial charge >= 0.3 is 0 Å². The van der Waals surface area contributed by atoms with E-state index in [1.165, 1.54) is 11.8 Å². The number of amides is 2. The lowest BCUT2D eigenvalue weighted by molar-refractivity contribution is -0.115. The van der Waals surface area contributed by atoms with Gasteiger partial charge in [0.2, 0.25) is 5.91 Å². The van der Waals surface area contributed by atoms with Crippen molar-refractivity contribution >= 4 is 46.5 Å². The van der Waals surface area contributed by atoms with Crippen molar-refractivity contribution in [3.8, 4) is 0 Å². The Bertz CT molecular complexity index is 1030. The third-order valence-corrected chi connectivity index (χ3v) is 5.47. The Kier molecular flexibility index (Phi) is 4.34. The molecule has 0 saturated carbocycles. The van der Waals surface area contributed by atoms with E-state index in [1.807, 2.05) is 29.7 Å². The quantitative estimate of drug-likeness (QED) is 0.723. The number of hydrogen-bond acceptors (Lipinski definition) is 4. The largest absolute Gasteiger partial charge is 0.346 e. The lowest BCUT2D eigenvalue weighted by Gasteiger charge is -2.21. The average Bonchev–Trinajstić information content (AvgIpc) is 3.02. The molecule has 2 N–H and O–H groups in total. The van der Waals surface area contributed by atoms with Crippen molar-refractivity contribution in [2.24, 2.45) is 0 Å². The fraction of sp³-hybridized carbons (Fsp3) is 0.167. The second kappa shape index (κ2) is 6.66. The number of anilines is 1. The van der Waals surface area contributed by atoms with Crippen LogP contribution >= 0.6 is 23.4 Å². The topological polar surface area (TPSA) is 75.5 Å². The minimum absolute atomic E-state index is 0.0524. The number of carbonyl (C=O) groups excluding carboxylic acids is 2. The minimum atomic E-state index is -0.222. The Labute approximate surface area is 158 Å². The number of rotatable bonds is 3. The summed E-state index contributed by atoms with van der Waals surface area (Å²) in [6.07, 6.45) is 3.59. The molecule has 0 fully saturated rings. The summed E-state index contributed by atoms with van der Waals surface area (Å²) < 4.78 is 1.82. The molecule has 1 aliphatic heterocycles. The molecule has 2 amide bonds. The van der Waals surface area contributed by atoms with E-state index in [4.69, 9.17) is 11.6 Å². The fourth-order valence-electron chi connectivity index (χ4n) is 2.73. The molecule has 1 aliphatic rings. The number of aromatic nitrogens is 2. The fourth-order valence-corrected chi connectivity index (χ4v) is 3.82. The standard InChI is InChI=1S/C18H15ClN4O2S/c1-10-17(24)22-14-6-11(2-4-15(14)26-10)18(25)20-7-13-9-23-8-12(19)3-5-16(23)21-13/h2-6,8-10H,7H2,1H3,(H,20,25)(H,22,24). The zero-order chi connectivity index (χ0) is 18.3. The molecule has 3 aromatic rings. The van der Waals surface area contributed by atoms with Crippen LogP contribution in [0.3, 0.4) is 0 Å². The lowest BCUT2D eigenvalue weighted by Crippen LogP contribution is -2.27. The monoisotopic (exact) mass is 386 g/mol. The average molecular weight is 387 g/mol. The van der Waals surface area contributed by atoms with Crippen LogP contribution in [0.25, 0.3) is 5.65 Å². The maximum absolute atomic E-state index is 12.4. The molecule has 2 aromatic heterocycles. The molecule has 26 heavy (non-hydrogen) atoms. The Morgan fingerprint density at radius 1 is 1.35 bits per heavy atom. The molecule has 1 aromatic carbocycles. The molecule has 4 rings (SSSR count). The highest BCUT2D eigenvalue weighted by Crippen LogP contribution is 2.35. The Morgan fingerprint density at radius 2 is 2.19 bits per heavy atom. The summed E-state index contributed by atoms with van der Waals surface area (Å²) in [4.78, 5) is 29.6. The van der Waals surface area contributed by atoms with Crippen molar-refractivity contribution in [1.82, 2.24) is 14.7 Å². The summed E-state index contributed by atoms with van der Waals surface area (Å²) >= 11 is 7.45. The minimum Gasteiger partial charge on any atom is -0.346 e. The van der Waals surface area contributed by atoms with Gasteiger partial charge in [0.15, 0.2) is 0 Å². The second-order valence-corrected chi connectivity index (χ2v) is 7.81. The van der Waals surface area contributed by atoms with Crippen LogP contribution in [0.15, 0.2) is 47.6 Å². The number of thioether (sulfide) groups is 1. The van der Waals surface area contributed by atoms with Gasteiger partial charge in [0.05, 0.1) is 28.2 Å². The summed E-state index contributed by atoms with van der Waals surface area (Å²) in [6.45, 7) is 2.15. The second-order valence-electron chi connectivity index (χ2n) is 5.99. The van der Waals surface area contributed by atoms with Crippen LogP contribution in [0.5, 0.6) is 0 Å². The van der Waals surface area contributed by atoms with E-state index in [1.54, 1.807) is 24.4 Å². The Hall–Kier alpha value is -2.51. The van der Waals surface area contributed by atoms with Gasteiger partial charge in [0.1, 0.15) is 5.65 Å². The van der Waals surface area contributed by atoms with Crippen LogP contribution < -0.4 is 10.6 Å². The number of benzene rings is 1. The smallest absolute Gasteiger partial charge is 0.251 e. The maximum Gasteiger partial charge on any atom is 0.251 e. The van der Waals surface area contributed by atoms with Gasteiger partial charge in [-0.15, -0.1) is 11.8 Å². The molecule has 8 heteroatoms. The van der Waals surface area contributed by atoms with E-state index >= 15 is 0 Å². The number of hydrogen-bond donors (Lipinski definition) is 2. The van der Waals surface area contributed by atoms with Crippen LogP contribution in [0.4, 0.5) is 5.69 Å². The first kappa shape index (κ1) is 16.9. The maximum atomic E-state index is 12.4. The first-order valence-electron chi connectivity index (χ1n) is 8.02. The molecule has 0 radical (unpaired) electrons. The zero-order valence-electron chi connectivity index (χ0n) is 13.8. The van der Waals surface area contributed by atoms with Gasteiger partial charge in [-0.2, -0.15) is 0 Å². The predicted octanol–water partition coefficient (Wildman–Crippen LogP) is 3.35. The van der Waals surface area contributed by atoms with E-state index in [0.717, 1.165) is 16.2 Å². The number of carbonyl (C=O) groups is 2. The molecule has 1 unspecified atom stereocenters. The molecule has 0 spiro atoms. The SMILES string of the molecule is CC1Sc2ccc(C(=O)NCc3cn4cc(Cl)ccc4n3)cc2NC1=O. The summed E-state index contributed by atoms with van der Waals surface area (Å²) in [7, 11) is 0. The number of fused-ring (bicyclic) bond motifs is 2. The molecule has 3 heterocycles. The van der Waals surface area contributed by atoms with Crippen LogP contribution in [0.1, 0.15) is 23.0 Å². The Morgan fingerprint density at radius 3 is 3.04 bits per heavy atom. The van der Waals surface area contributed by atoms with Gasteiger partial charge in [0.25, 0.3) is 5.91 Å². The van der Waals surface area contributed by atoms with E-state index in [0.29, 0.717) is 22.8 Å². The number of halogens is 1. The number of nitrogens with one attached hydrogen (secondary N) is 2. The van der Waals surface area contributed by atoms with Crippen molar-refractivity contribution < 1.29 is 9.59 Å². The van der Waals surface area contributed by atoms with Gasteiger partial charge in [-0.25, -0.2) is 4.98 Å². The third-order valence-electron chi connectivity index (χ3n) is 4.07. The van der Waals surface area contributed by atoms with Crippen molar-refractivity contribution in [2.45, 2.75) is 23.6 Å². The molecule has 0 saturated heterocycles. The molecular weight excluding hydrogens is 372 g/mol. The highest BCUT2D eigenvalue weighted by molar-refractivity contribution is 8.00. The van der Waals surface area contributed by atoms with Crippen molar-refractivity contribution in [2.75, 3.05) is 5.32 Å². The van der Waals surface area contributed by atoms with Crippen molar-refractivity contribution in [3.05, 3.63) is 59.0 Å². The third kappa shape index (κ3) is 3.27. The van der Waals surface area contributed by atoms with Gasteiger partial charge in [-0.05, 0) is 37.3 Å². The number of pyridine rings is 1. The molecule has 132 valence electrons. The molecule has 1 atom stereocenters. The summed E-state index contributed by atoms with van der Waals surface area (Å²) in [6, 6.07) is 8.91. The predicted molar refractivity (Wildman–Crippen MR) is 102 cm³/mol. The van der Waals surface area contributed by atoms with Gasteiger partial charge in [-0.1, -0.05) is 11.6 Å². The van der Waals surface area contributed by atoms with Crippen LogP contribution in [0, 0.1) is 0 Å². The molecule has 0 aliphatic carbocycles. The van der Waals surface area contributed by atoms with Crippen molar-refractivity contribution in [3.63, 3.8) is 0 Å². The summed E-state index contributed by atoms with van der Waals surface area (Å²) in [5.41, 5.74) is 2.66. The first-order chi connectivity index (χ1) is 12.5. The summed E-state index contributed by atoms with van der Waals surface area (Å²) in [5.74, 6) is -0.274. The first-order valence-corrected chi connectivity index (χ1v) is 9.28.